The Labute approximate surface area is 188 Å². The second-order valence-corrected chi connectivity index (χ2v) is 13.4. The van der Waals surface area contributed by atoms with Crippen LogP contribution >= 0.6 is 17.8 Å². The van der Waals surface area contributed by atoms with E-state index in [9.17, 15) is 9.69 Å². The highest BCUT2D eigenvalue weighted by Gasteiger charge is 2.36. The zero-order valence-corrected chi connectivity index (χ0v) is 20.7. The predicted molar refractivity (Wildman–Crippen MR) is 131 cm³/mol. The van der Waals surface area contributed by atoms with Crippen molar-refractivity contribution in [3.05, 3.63) is 40.6 Å². The van der Waals surface area contributed by atoms with Gasteiger partial charge in [0.2, 0.25) is 6.49 Å². The van der Waals surface area contributed by atoms with E-state index >= 15 is 0 Å². The first-order valence-electron chi connectivity index (χ1n) is 10.1. The second-order valence-electron chi connectivity index (χ2n) is 9.19. The Morgan fingerprint density at radius 1 is 1.33 bits per heavy atom. The highest BCUT2D eigenvalue weighted by molar-refractivity contribution is 8.13. The molecule has 2 N–H and O–H groups in total. The molecule has 0 aliphatic heterocycles. The van der Waals surface area contributed by atoms with Crippen LogP contribution in [0.5, 0.6) is 0 Å². The van der Waals surface area contributed by atoms with Gasteiger partial charge in [0.1, 0.15) is 0 Å². The van der Waals surface area contributed by atoms with Crippen molar-refractivity contribution in [2.45, 2.75) is 46.1 Å². The molecular weight excluding hydrogens is 435 g/mol. The zero-order chi connectivity index (χ0) is 22.1. The van der Waals surface area contributed by atoms with Crippen molar-refractivity contribution < 1.29 is 14.2 Å². The maximum Gasteiger partial charge on any atom is 0.265 e. The Morgan fingerprint density at radius 2 is 2.07 bits per heavy atom. The molecule has 3 atom stereocenters. The van der Waals surface area contributed by atoms with Crippen molar-refractivity contribution in [3.63, 3.8) is 0 Å². The molecule has 1 aliphatic rings. The molecule has 0 spiro atoms. The van der Waals surface area contributed by atoms with Crippen molar-refractivity contribution in [1.82, 2.24) is 0 Å². The fourth-order valence-electron chi connectivity index (χ4n) is 4.34. The van der Waals surface area contributed by atoms with Crippen molar-refractivity contribution in [3.8, 4) is 0 Å². The molecule has 1 aromatic carbocycles. The Kier molecular flexibility index (Phi) is 7.10. The average molecular weight is 467 g/mol. The van der Waals surface area contributed by atoms with E-state index in [1.165, 1.54) is 11.3 Å². The van der Waals surface area contributed by atoms with Gasteiger partial charge in [-0.15, -0.1) is 11.3 Å². The van der Waals surface area contributed by atoms with E-state index in [4.69, 9.17) is 16.3 Å². The lowest BCUT2D eigenvalue weighted by Crippen LogP contribution is -2.33. The molecule has 5 nitrogen and oxygen atoms in total. The maximum absolute atomic E-state index is 12.7. The summed E-state index contributed by atoms with van der Waals surface area (Å²) in [5, 5.41) is 5.29. The molecule has 0 bridgehead atoms. The highest BCUT2D eigenvalue weighted by atomic mass is 32.5. The van der Waals surface area contributed by atoms with Gasteiger partial charge in [-0.05, 0) is 72.0 Å². The summed E-state index contributed by atoms with van der Waals surface area (Å²) in [6, 6.07) is 9.13. The molecular formula is C22H31N2O3PS2. The van der Waals surface area contributed by atoms with Crippen molar-refractivity contribution >= 4 is 52.2 Å². The largest absolute Gasteiger partial charge is 0.378 e. The molecule has 3 rings (SSSR count). The minimum atomic E-state index is -3.31. The monoisotopic (exact) mass is 466 g/mol. The number of anilines is 2. The number of nitrogens with one attached hydrogen (secondary N) is 1. The van der Waals surface area contributed by atoms with Gasteiger partial charge in [-0.25, -0.2) is 0 Å². The van der Waals surface area contributed by atoms with Gasteiger partial charge in [0.05, 0.1) is 22.0 Å². The lowest BCUT2D eigenvalue weighted by Gasteiger charge is -2.40. The van der Waals surface area contributed by atoms with E-state index in [1.807, 2.05) is 42.6 Å². The molecule has 30 heavy (non-hydrogen) atoms. The van der Waals surface area contributed by atoms with Crippen LogP contribution < -0.4 is 15.5 Å². The van der Waals surface area contributed by atoms with Crippen LogP contribution in [0.3, 0.4) is 0 Å². The van der Waals surface area contributed by atoms with Crippen LogP contribution in [-0.4, -0.2) is 31.0 Å². The van der Waals surface area contributed by atoms with Crippen LogP contribution in [0.2, 0.25) is 0 Å². The van der Waals surface area contributed by atoms with Crippen LogP contribution in [0.15, 0.2) is 35.7 Å². The fraction of sp³-hybridized carbons (Fsp3) is 0.500. The Hall–Kier alpha value is -1.24. The molecule has 8 heteroatoms. The van der Waals surface area contributed by atoms with Gasteiger partial charge < -0.3 is 19.6 Å². The Bertz CT molecular complexity index is 944. The first kappa shape index (κ1) is 23.4. The number of nitrogens with zero attached hydrogens (tertiary/aromatic N) is 1. The number of benzene rings is 1. The van der Waals surface area contributed by atoms with Crippen LogP contribution in [-0.2, 0) is 16.3 Å². The quantitative estimate of drug-likeness (QED) is 0.571. The Balaban J connectivity index is 1.90. The highest BCUT2D eigenvalue weighted by Crippen LogP contribution is 2.50. The smallest absolute Gasteiger partial charge is 0.265 e. The summed E-state index contributed by atoms with van der Waals surface area (Å²) in [7, 11) is 3.85. The molecule has 1 aliphatic carbocycles. The lowest BCUT2D eigenvalue weighted by molar-refractivity contribution is 0.0586. The number of carbonyl (C=O) groups excluding carboxylic acids is 1. The number of hydrogen-bond acceptors (Lipinski definition) is 5. The number of amides is 1. The maximum atomic E-state index is 12.7. The third-order valence-corrected chi connectivity index (χ3v) is 8.73. The van der Waals surface area contributed by atoms with Gasteiger partial charge >= 0.3 is 0 Å². The number of thiophene rings is 1. The van der Waals surface area contributed by atoms with E-state index < -0.39 is 6.49 Å². The molecule has 0 radical (unpaired) electrons. The summed E-state index contributed by atoms with van der Waals surface area (Å²) in [5.41, 5.74) is 1.57. The van der Waals surface area contributed by atoms with Crippen molar-refractivity contribution in [1.29, 1.82) is 0 Å². The number of hydrogen-bond donors (Lipinski definition) is 2. The summed E-state index contributed by atoms with van der Waals surface area (Å²) < 4.78 is 6.20. The van der Waals surface area contributed by atoms with E-state index in [2.05, 4.69) is 26.1 Å². The van der Waals surface area contributed by atoms with Gasteiger partial charge in [0.25, 0.3) is 5.91 Å². The summed E-state index contributed by atoms with van der Waals surface area (Å²) in [6.45, 7) is 3.37. The van der Waals surface area contributed by atoms with Gasteiger partial charge in [0, 0.05) is 19.8 Å². The minimum Gasteiger partial charge on any atom is -0.378 e. The topological polar surface area (TPSA) is 61.8 Å². The van der Waals surface area contributed by atoms with Gasteiger partial charge in [-0.3, -0.25) is 4.79 Å². The zero-order valence-electron chi connectivity index (χ0n) is 18.2. The van der Waals surface area contributed by atoms with E-state index in [0.717, 1.165) is 24.9 Å². The molecule has 1 fully saturated rings. The molecule has 1 aromatic heterocycles. The van der Waals surface area contributed by atoms with E-state index in [1.54, 1.807) is 12.1 Å². The average Bonchev–Trinajstić information content (AvgIpc) is 3.13. The van der Waals surface area contributed by atoms with E-state index in [0.29, 0.717) is 21.8 Å². The standard InChI is InChI=1S/C22H31N2O3PS2/c1-15-11-17(14-22(2,3)13-15)27-28(26,29)19-9-8-16(24(4)5)12-18(19)23-21(25)20-7-6-10-30-20/h6-10,12,15,17H,11,13-14H2,1-5H3,(H,23,25)(H,26,29)/t15-,17-,28?/m0/s1. The van der Waals surface area contributed by atoms with Gasteiger partial charge in [-0.1, -0.05) is 26.8 Å². The summed E-state index contributed by atoms with van der Waals surface area (Å²) >= 11 is 7.01. The van der Waals surface area contributed by atoms with Crippen molar-refractivity contribution in [2.24, 2.45) is 11.3 Å². The third kappa shape index (κ3) is 5.71. The third-order valence-electron chi connectivity index (χ3n) is 5.43. The first-order valence-corrected chi connectivity index (χ1v) is 13.7. The van der Waals surface area contributed by atoms with Crippen molar-refractivity contribution in [2.75, 3.05) is 24.3 Å². The van der Waals surface area contributed by atoms with Crippen LogP contribution in [0.1, 0.15) is 49.7 Å². The summed E-state index contributed by atoms with van der Waals surface area (Å²) in [4.78, 5) is 26.5. The predicted octanol–water partition coefficient (Wildman–Crippen LogP) is 5.22. The Morgan fingerprint density at radius 3 is 2.67 bits per heavy atom. The summed E-state index contributed by atoms with van der Waals surface area (Å²) in [6.07, 6.45) is 2.80. The fourth-order valence-corrected chi connectivity index (χ4v) is 7.17. The van der Waals surface area contributed by atoms with Crippen LogP contribution in [0, 0.1) is 11.3 Å². The molecule has 1 heterocycles. The summed E-state index contributed by atoms with van der Waals surface area (Å²) in [5.74, 6) is 0.299. The molecule has 0 saturated heterocycles. The number of carbonyl (C=O) groups is 1. The van der Waals surface area contributed by atoms with Gasteiger partial charge in [-0.2, -0.15) is 0 Å². The van der Waals surface area contributed by atoms with Gasteiger partial charge in [0.15, 0.2) is 0 Å². The normalized spacial score (nSPS) is 22.9. The number of rotatable bonds is 6. The second kappa shape index (κ2) is 9.09. The van der Waals surface area contributed by atoms with E-state index in [-0.39, 0.29) is 17.4 Å². The lowest BCUT2D eigenvalue weighted by atomic mass is 9.72. The molecule has 1 saturated carbocycles. The first-order chi connectivity index (χ1) is 14.0. The minimum absolute atomic E-state index is 0.0889. The SMILES string of the molecule is C[C@H]1C[C@H](OP(O)(=S)c2ccc(N(C)C)cc2NC(=O)c2cccs2)CC(C)(C)C1. The molecule has 2 aromatic rings. The molecule has 164 valence electrons. The molecule has 1 unspecified atom stereocenters. The van der Waals surface area contributed by atoms with Crippen LogP contribution in [0.4, 0.5) is 11.4 Å². The van der Waals surface area contributed by atoms with Crippen LogP contribution in [0.25, 0.3) is 0 Å². The molecule has 1 amide bonds.